The van der Waals surface area contributed by atoms with Crippen molar-refractivity contribution >= 4 is 5.97 Å². The molecule has 0 radical (unpaired) electrons. The van der Waals surface area contributed by atoms with Crippen molar-refractivity contribution in [2.45, 2.75) is 5.92 Å². The maximum Gasteiger partial charge on any atom is 0.316 e. The van der Waals surface area contributed by atoms with Gasteiger partial charge in [0.15, 0.2) is 0 Å². The van der Waals surface area contributed by atoms with Crippen LogP contribution in [0.2, 0.25) is 0 Å². The lowest BCUT2D eigenvalue weighted by Crippen LogP contribution is -2.32. The first-order valence-corrected chi connectivity index (χ1v) is 3.59. The maximum absolute atomic E-state index is 10.8. The van der Waals surface area contributed by atoms with E-state index < -0.39 is 0 Å². The first-order chi connectivity index (χ1) is 5.38. The van der Waals surface area contributed by atoms with Crippen LogP contribution in [0.1, 0.15) is 11.5 Å². The lowest BCUT2D eigenvalue weighted by Gasteiger charge is -2.24. The van der Waals surface area contributed by atoms with Crippen molar-refractivity contribution in [2.24, 2.45) is 0 Å². The molecule has 2 heteroatoms. The van der Waals surface area contributed by atoms with E-state index >= 15 is 0 Å². The number of ether oxygens (including phenoxy) is 1. The summed E-state index contributed by atoms with van der Waals surface area (Å²) in [4.78, 5) is 10.8. The van der Waals surface area contributed by atoms with Gasteiger partial charge in [-0.2, -0.15) is 0 Å². The van der Waals surface area contributed by atoms with Crippen LogP contribution >= 0.6 is 0 Å². The minimum atomic E-state index is -0.101. The predicted octanol–water partition coefficient (Wildman–Crippen LogP) is 1.33. The Labute approximate surface area is 64.8 Å². The van der Waals surface area contributed by atoms with Gasteiger partial charge in [-0.05, 0) is 5.56 Å². The predicted molar refractivity (Wildman–Crippen MR) is 40.1 cm³/mol. The molecule has 0 aromatic heterocycles. The highest BCUT2D eigenvalue weighted by atomic mass is 16.6. The third-order valence-electron chi connectivity index (χ3n) is 1.88. The van der Waals surface area contributed by atoms with Gasteiger partial charge in [0.2, 0.25) is 0 Å². The number of hydrogen-bond donors (Lipinski definition) is 0. The van der Waals surface area contributed by atoms with Gasteiger partial charge in [-0.1, -0.05) is 30.3 Å². The molecule has 0 spiro atoms. The van der Waals surface area contributed by atoms with E-state index in [1.165, 1.54) is 0 Å². The summed E-state index contributed by atoms with van der Waals surface area (Å²) in [6.45, 7) is 0.544. The maximum atomic E-state index is 10.8. The Morgan fingerprint density at radius 1 is 1.27 bits per heavy atom. The number of carbonyl (C=O) groups excluding carboxylic acids is 1. The summed E-state index contributed by atoms with van der Waals surface area (Å²) >= 11 is 0. The fraction of sp³-hybridized carbons (Fsp3) is 0.222. The Balaban J connectivity index is 2.23. The van der Waals surface area contributed by atoms with Crippen molar-refractivity contribution in [2.75, 3.05) is 6.61 Å². The number of rotatable bonds is 1. The molecule has 1 saturated heterocycles. The molecule has 2 rings (SSSR count). The molecule has 0 unspecified atom stereocenters. The van der Waals surface area contributed by atoms with Crippen LogP contribution in [0.5, 0.6) is 0 Å². The van der Waals surface area contributed by atoms with Crippen molar-refractivity contribution in [1.82, 2.24) is 0 Å². The minimum Gasteiger partial charge on any atom is -0.464 e. The quantitative estimate of drug-likeness (QED) is 0.561. The van der Waals surface area contributed by atoms with Crippen LogP contribution in [0.4, 0.5) is 0 Å². The molecule has 0 aliphatic carbocycles. The highest BCUT2D eigenvalue weighted by Gasteiger charge is 2.31. The Kier molecular flexibility index (Phi) is 1.39. The first-order valence-electron chi connectivity index (χ1n) is 3.59. The SMILES string of the molecule is O=C1OC[C@H]1c1ccccc1. The van der Waals surface area contributed by atoms with Gasteiger partial charge in [0.25, 0.3) is 0 Å². The monoisotopic (exact) mass is 148 g/mol. The molecule has 2 nitrogen and oxygen atoms in total. The largest absolute Gasteiger partial charge is 0.464 e. The van der Waals surface area contributed by atoms with Crippen LogP contribution in [-0.2, 0) is 9.53 Å². The molecule has 1 heterocycles. The Morgan fingerprint density at radius 2 is 2.00 bits per heavy atom. The van der Waals surface area contributed by atoms with Crippen molar-refractivity contribution in [3.8, 4) is 0 Å². The second-order valence-corrected chi connectivity index (χ2v) is 2.59. The molecule has 0 N–H and O–H groups in total. The van der Waals surface area contributed by atoms with Crippen LogP contribution in [0.25, 0.3) is 0 Å². The zero-order chi connectivity index (χ0) is 7.68. The van der Waals surface area contributed by atoms with Gasteiger partial charge >= 0.3 is 5.97 Å². The number of carbonyl (C=O) groups is 1. The van der Waals surface area contributed by atoms with Crippen LogP contribution < -0.4 is 0 Å². The van der Waals surface area contributed by atoms with Crippen LogP contribution in [0.15, 0.2) is 30.3 Å². The zero-order valence-corrected chi connectivity index (χ0v) is 5.99. The Hall–Kier alpha value is -1.31. The van der Waals surface area contributed by atoms with E-state index in [0.717, 1.165) is 5.56 Å². The van der Waals surface area contributed by atoms with Crippen LogP contribution in [-0.4, -0.2) is 12.6 Å². The smallest absolute Gasteiger partial charge is 0.316 e. The normalized spacial score (nSPS) is 22.2. The van der Waals surface area contributed by atoms with E-state index in [1.807, 2.05) is 30.3 Å². The van der Waals surface area contributed by atoms with E-state index in [4.69, 9.17) is 0 Å². The fourth-order valence-corrected chi connectivity index (χ4v) is 1.15. The second kappa shape index (κ2) is 2.38. The number of cyclic esters (lactones) is 1. The summed E-state index contributed by atoms with van der Waals surface area (Å²) in [5.74, 6) is -0.104. The van der Waals surface area contributed by atoms with E-state index in [1.54, 1.807) is 0 Å². The van der Waals surface area contributed by atoms with Gasteiger partial charge in [-0.15, -0.1) is 0 Å². The summed E-state index contributed by atoms with van der Waals surface area (Å²) in [5.41, 5.74) is 1.06. The molecule has 1 aromatic carbocycles. The lowest BCUT2D eigenvalue weighted by molar-refractivity contribution is -0.161. The number of esters is 1. The molecule has 1 aliphatic rings. The highest BCUT2D eigenvalue weighted by molar-refractivity contribution is 5.82. The summed E-state index contributed by atoms with van der Waals surface area (Å²) < 4.78 is 4.66. The molecule has 1 atom stereocenters. The lowest BCUT2D eigenvalue weighted by atomic mass is 9.97. The van der Waals surface area contributed by atoms with E-state index in [9.17, 15) is 4.79 Å². The average Bonchev–Trinajstić information content (AvgIpc) is 2.04. The van der Waals surface area contributed by atoms with Crippen molar-refractivity contribution in [1.29, 1.82) is 0 Å². The first kappa shape index (κ1) is 6.40. The Bertz CT molecular complexity index is 266. The molecule has 56 valence electrons. The number of benzene rings is 1. The van der Waals surface area contributed by atoms with Gasteiger partial charge in [-0.3, -0.25) is 4.79 Å². The molecule has 1 fully saturated rings. The fourth-order valence-electron chi connectivity index (χ4n) is 1.15. The van der Waals surface area contributed by atoms with E-state index in [-0.39, 0.29) is 11.9 Å². The molecule has 1 aliphatic heterocycles. The van der Waals surface area contributed by atoms with Gasteiger partial charge in [0, 0.05) is 0 Å². The molecule has 11 heavy (non-hydrogen) atoms. The minimum absolute atomic E-state index is 0.00352. The topological polar surface area (TPSA) is 26.3 Å². The van der Waals surface area contributed by atoms with Gasteiger partial charge in [0.1, 0.15) is 12.5 Å². The van der Waals surface area contributed by atoms with E-state index in [0.29, 0.717) is 6.61 Å². The molecule has 0 saturated carbocycles. The highest BCUT2D eigenvalue weighted by Crippen LogP contribution is 2.24. The summed E-state index contributed by atoms with van der Waals surface area (Å²) in [6.07, 6.45) is 0. The van der Waals surface area contributed by atoms with Gasteiger partial charge in [-0.25, -0.2) is 0 Å². The summed E-state index contributed by atoms with van der Waals surface area (Å²) in [5, 5.41) is 0. The number of hydrogen-bond acceptors (Lipinski definition) is 2. The average molecular weight is 148 g/mol. The summed E-state index contributed by atoms with van der Waals surface area (Å²) in [7, 11) is 0. The van der Waals surface area contributed by atoms with Gasteiger partial charge in [0.05, 0.1) is 0 Å². The zero-order valence-electron chi connectivity index (χ0n) is 5.99. The molecular formula is C9H8O2. The third kappa shape index (κ3) is 1.00. The second-order valence-electron chi connectivity index (χ2n) is 2.59. The van der Waals surface area contributed by atoms with Crippen molar-refractivity contribution in [3.63, 3.8) is 0 Å². The molecule has 0 amide bonds. The van der Waals surface area contributed by atoms with E-state index in [2.05, 4.69) is 4.74 Å². The van der Waals surface area contributed by atoms with Crippen molar-refractivity contribution in [3.05, 3.63) is 35.9 Å². The Morgan fingerprint density at radius 3 is 2.45 bits per heavy atom. The third-order valence-corrected chi connectivity index (χ3v) is 1.88. The van der Waals surface area contributed by atoms with Crippen molar-refractivity contribution < 1.29 is 9.53 Å². The summed E-state index contributed by atoms with van der Waals surface area (Å²) in [6, 6.07) is 9.70. The molecular weight excluding hydrogens is 140 g/mol. The van der Waals surface area contributed by atoms with Crippen LogP contribution in [0, 0.1) is 0 Å². The standard InChI is InChI=1S/C9H8O2/c10-9-8(6-11-9)7-4-2-1-3-5-7/h1-5,8H,6H2/t8-/m0/s1. The van der Waals surface area contributed by atoms with Crippen LogP contribution in [0.3, 0.4) is 0 Å². The molecule has 1 aromatic rings. The molecule has 0 bridgehead atoms. The van der Waals surface area contributed by atoms with Gasteiger partial charge < -0.3 is 4.74 Å².